The maximum Gasteiger partial charge on any atom is 0.308 e. The van der Waals surface area contributed by atoms with Crippen molar-refractivity contribution in [2.24, 2.45) is 11.8 Å². The number of likely N-dealkylation sites (tertiary alicyclic amines) is 1. The first-order chi connectivity index (χ1) is 17.7. The normalized spacial score (nSPS) is 17.7. The number of ether oxygens (including phenoxy) is 1. The van der Waals surface area contributed by atoms with Crippen molar-refractivity contribution in [3.8, 4) is 17.6 Å². The number of ketones is 1. The van der Waals surface area contributed by atoms with Gasteiger partial charge < -0.3 is 9.84 Å². The number of aliphatic carboxylic acids is 1. The number of benzene rings is 2. The molecule has 2 atom stereocenters. The number of piperidine rings is 1. The molecule has 2 aromatic carbocycles. The van der Waals surface area contributed by atoms with Crippen LogP contribution in [0.25, 0.3) is 10.9 Å². The molecule has 1 aliphatic heterocycles. The number of carbonyl (C=O) groups is 2. The fraction of sp³-hybridized carbons (Fsp3) is 0.321. The number of halogens is 3. The number of hydrogen-bond donors (Lipinski definition) is 1. The van der Waals surface area contributed by atoms with E-state index >= 15 is 0 Å². The Morgan fingerprint density at radius 1 is 1.16 bits per heavy atom. The third-order valence-electron chi connectivity index (χ3n) is 6.61. The van der Waals surface area contributed by atoms with Crippen molar-refractivity contribution in [2.45, 2.75) is 19.3 Å². The molecule has 0 radical (unpaired) electrons. The molecule has 0 spiro atoms. The van der Waals surface area contributed by atoms with Crippen LogP contribution < -0.4 is 4.74 Å². The monoisotopic (exact) mass is 510 g/mol. The van der Waals surface area contributed by atoms with Crippen LogP contribution >= 0.6 is 0 Å². The number of aromatic nitrogens is 1. The first-order valence-electron chi connectivity index (χ1n) is 11.8. The molecular formula is C28H25F3N2O4. The summed E-state index contributed by atoms with van der Waals surface area (Å²) >= 11 is 0. The van der Waals surface area contributed by atoms with Crippen molar-refractivity contribution in [3.05, 3.63) is 71.2 Å². The van der Waals surface area contributed by atoms with Crippen molar-refractivity contribution < 1.29 is 32.6 Å². The molecule has 37 heavy (non-hydrogen) atoms. The Bertz CT molecular complexity index is 1380. The van der Waals surface area contributed by atoms with Gasteiger partial charge in [0.05, 0.1) is 36.8 Å². The van der Waals surface area contributed by atoms with Crippen LogP contribution in [-0.2, 0) is 4.79 Å². The van der Waals surface area contributed by atoms with Gasteiger partial charge in [0.15, 0.2) is 11.6 Å². The number of fused-ring (bicyclic) bond motifs is 1. The number of methoxy groups -OCH3 is 1. The molecule has 1 fully saturated rings. The van der Waals surface area contributed by atoms with Crippen LogP contribution in [0.5, 0.6) is 5.75 Å². The van der Waals surface area contributed by atoms with Gasteiger partial charge in [-0.3, -0.25) is 19.5 Å². The van der Waals surface area contributed by atoms with Gasteiger partial charge in [-0.2, -0.15) is 0 Å². The first kappa shape index (κ1) is 26.2. The average molecular weight is 511 g/mol. The molecular weight excluding hydrogens is 485 g/mol. The van der Waals surface area contributed by atoms with Crippen LogP contribution in [0.2, 0.25) is 0 Å². The highest BCUT2D eigenvalue weighted by molar-refractivity contribution is 6.07. The second-order valence-electron chi connectivity index (χ2n) is 9.01. The van der Waals surface area contributed by atoms with Crippen LogP contribution in [0.15, 0.2) is 42.6 Å². The Balaban J connectivity index is 1.41. The summed E-state index contributed by atoms with van der Waals surface area (Å²) < 4.78 is 46.5. The van der Waals surface area contributed by atoms with Crippen molar-refractivity contribution >= 4 is 22.7 Å². The third kappa shape index (κ3) is 6.27. The number of pyridine rings is 1. The van der Waals surface area contributed by atoms with E-state index in [2.05, 4.69) is 16.8 Å². The third-order valence-corrected chi connectivity index (χ3v) is 6.61. The number of rotatable bonds is 7. The Morgan fingerprint density at radius 2 is 1.92 bits per heavy atom. The van der Waals surface area contributed by atoms with Gasteiger partial charge >= 0.3 is 5.97 Å². The van der Waals surface area contributed by atoms with E-state index in [1.807, 2.05) is 4.90 Å². The van der Waals surface area contributed by atoms with Crippen molar-refractivity contribution in [2.75, 3.05) is 26.7 Å². The topological polar surface area (TPSA) is 79.7 Å². The molecule has 1 saturated heterocycles. The molecule has 4 rings (SSSR count). The fourth-order valence-corrected chi connectivity index (χ4v) is 4.72. The Hall–Kier alpha value is -3.90. The molecule has 6 nitrogen and oxygen atoms in total. The SMILES string of the molecule is COc1ccc2ncc(F)c(C(=O)CC[C@H]3CCN(CC#Cc4cc(F)cc(F)c4)C[C@H]3C(=O)O)c2c1. The van der Waals surface area contributed by atoms with E-state index < -0.39 is 35.1 Å². The molecule has 1 N–H and O–H groups in total. The quantitative estimate of drug-likeness (QED) is 0.367. The average Bonchev–Trinajstić information content (AvgIpc) is 2.86. The molecule has 192 valence electrons. The van der Waals surface area contributed by atoms with E-state index in [0.29, 0.717) is 36.0 Å². The van der Waals surface area contributed by atoms with E-state index in [4.69, 9.17) is 4.74 Å². The highest BCUT2D eigenvalue weighted by Crippen LogP contribution is 2.30. The van der Waals surface area contributed by atoms with Crippen LogP contribution in [0.1, 0.15) is 35.2 Å². The lowest BCUT2D eigenvalue weighted by Crippen LogP contribution is -2.44. The van der Waals surface area contributed by atoms with E-state index in [1.165, 1.54) is 7.11 Å². The molecule has 1 aliphatic rings. The highest BCUT2D eigenvalue weighted by atomic mass is 19.1. The lowest BCUT2D eigenvalue weighted by Gasteiger charge is -2.35. The zero-order chi connectivity index (χ0) is 26.5. The maximum absolute atomic E-state index is 14.6. The zero-order valence-corrected chi connectivity index (χ0v) is 20.1. The van der Waals surface area contributed by atoms with E-state index in [-0.39, 0.29) is 36.6 Å². The summed E-state index contributed by atoms with van der Waals surface area (Å²) in [7, 11) is 1.47. The standard InChI is InChI=1S/C28H25F3N2O4/c1-37-21-5-6-25-22(14-21)27(24(31)15-32-25)26(34)7-4-18-8-10-33(16-23(18)28(35)36)9-2-3-17-11-19(29)13-20(30)12-17/h5-6,11-15,18,23H,4,7-10,16H2,1H3,(H,35,36)/t18-,23+/m0/s1. The smallest absolute Gasteiger partial charge is 0.308 e. The van der Waals surface area contributed by atoms with Crippen LogP contribution in [0.3, 0.4) is 0 Å². The first-order valence-corrected chi connectivity index (χ1v) is 11.8. The van der Waals surface area contributed by atoms with E-state index in [1.54, 1.807) is 18.2 Å². The van der Waals surface area contributed by atoms with Gasteiger partial charge in [0, 0.05) is 30.0 Å². The second-order valence-corrected chi connectivity index (χ2v) is 9.01. The number of nitrogens with zero attached hydrogens (tertiary/aromatic N) is 2. The van der Waals surface area contributed by atoms with E-state index in [9.17, 15) is 27.9 Å². The molecule has 9 heteroatoms. The molecule has 0 saturated carbocycles. The minimum absolute atomic E-state index is 0.00731. The number of Topliss-reactive ketones (excluding diaryl/α,β-unsaturated/α-hetero) is 1. The van der Waals surface area contributed by atoms with E-state index in [0.717, 1.165) is 24.4 Å². The zero-order valence-electron chi connectivity index (χ0n) is 20.1. The lowest BCUT2D eigenvalue weighted by molar-refractivity contribution is -0.146. The van der Waals surface area contributed by atoms with Gasteiger partial charge in [0.25, 0.3) is 0 Å². The lowest BCUT2D eigenvalue weighted by atomic mass is 9.81. The molecule has 1 aromatic heterocycles. The van der Waals surface area contributed by atoms with Gasteiger partial charge in [0.2, 0.25) is 0 Å². The molecule has 3 aromatic rings. The van der Waals surface area contributed by atoms with Crippen molar-refractivity contribution in [1.29, 1.82) is 0 Å². The van der Waals surface area contributed by atoms with Crippen LogP contribution in [0, 0.1) is 41.1 Å². The summed E-state index contributed by atoms with van der Waals surface area (Å²) in [5.41, 5.74) is 0.593. The Labute approximate surface area is 212 Å². The molecule has 0 bridgehead atoms. The molecule has 0 unspecified atom stereocenters. The minimum atomic E-state index is -0.979. The largest absolute Gasteiger partial charge is 0.497 e. The molecule has 2 heterocycles. The van der Waals surface area contributed by atoms with Gasteiger partial charge in [-0.25, -0.2) is 13.2 Å². The molecule has 0 aliphatic carbocycles. The van der Waals surface area contributed by atoms with Gasteiger partial charge in [0.1, 0.15) is 17.4 Å². The summed E-state index contributed by atoms with van der Waals surface area (Å²) in [6.07, 6.45) is 1.82. The van der Waals surface area contributed by atoms with Crippen molar-refractivity contribution in [3.63, 3.8) is 0 Å². The fourth-order valence-electron chi connectivity index (χ4n) is 4.72. The summed E-state index contributed by atoms with van der Waals surface area (Å²) in [6, 6.07) is 7.91. The van der Waals surface area contributed by atoms with Crippen LogP contribution in [0.4, 0.5) is 13.2 Å². The number of carbonyl (C=O) groups excluding carboxylic acids is 1. The predicted octanol–water partition coefficient (Wildman–Crippen LogP) is 4.70. The highest BCUT2D eigenvalue weighted by Gasteiger charge is 2.34. The predicted molar refractivity (Wildman–Crippen MR) is 131 cm³/mol. The van der Waals surface area contributed by atoms with Gasteiger partial charge in [-0.05, 0) is 55.6 Å². The Morgan fingerprint density at radius 3 is 2.62 bits per heavy atom. The molecule has 0 amide bonds. The number of carboxylic acid groups (broad SMARTS) is 1. The summed E-state index contributed by atoms with van der Waals surface area (Å²) in [5.74, 6) is 1.45. The Kier molecular flexibility index (Phi) is 8.09. The number of hydrogen-bond acceptors (Lipinski definition) is 5. The van der Waals surface area contributed by atoms with Gasteiger partial charge in [-0.1, -0.05) is 11.8 Å². The number of carboxylic acids is 1. The van der Waals surface area contributed by atoms with Crippen molar-refractivity contribution in [1.82, 2.24) is 9.88 Å². The maximum atomic E-state index is 14.6. The summed E-state index contributed by atoms with van der Waals surface area (Å²) in [6.45, 7) is 1.02. The van der Waals surface area contributed by atoms with Gasteiger partial charge in [-0.15, -0.1) is 0 Å². The second kappa shape index (κ2) is 11.4. The summed E-state index contributed by atoms with van der Waals surface area (Å²) in [4.78, 5) is 30.9. The summed E-state index contributed by atoms with van der Waals surface area (Å²) in [5, 5.41) is 10.2. The minimum Gasteiger partial charge on any atom is -0.497 e. The van der Waals surface area contributed by atoms with Crippen LogP contribution in [-0.4, -0.2) is 53.5 Å².